The van der Waals surface area contributed by atoms with Crippen LogP contribution in [0.5, 0.6) is 0 Å². The lowest BCUT2D eigenvalue weighted by atomic mass is 10.4. The Morgan fingerprint density at radius 1 is 1.69 bits per heavy atom. The van der Waals surface area contributed by atoms with Crippen LogP contribution in [0.25, 0.3) is 0 Å². The molecule has 0 atom stereocenters. The SMILES string of the molecule is NOCC(=O)Nc1ccc(I)cn1. The van der Waals surface area contributed by atoms with E-state index < -0.39 is 0 Å². The normalized spacial score (nSPS) is 9.69. The van der Waals surface area contributed by atoms with Crippen LogP contribution >= 0.6 is 22.6 Å². The van der Waals surface area contributed by atoms with Crippen LogP contribution in [0.1, 0.15) is 0 Å². The molecule has 1 aromatic heterocycles. The van der Waals surface area contributed by atoms with Gasteiger partial charge in [0.25, 0.3) is 5.91 Å². The largest absolute Gasteiger partial charge is 0.309 e. The van der Waals surface area contributed by atoms with Gasteiger partial charge >= 0.3 is 0 Å². The molecule has 0 aromatic carbocycles. The summed E-state index contributed by atoms with van der Waals surface area (Å²) in [5.74, 6) is 4.89. The molecule has 0 aliphatic carbocycles. The maximum atomic E-state index is 10.9. The Labute approximate surface area is 88.8 Å². The molecular formula is C7H8IN3O2. The first-order valence-electron chi connectivity index (χ1n) is 3.45. The van der Waals surface area contributed by atoms with Crippen molar-refractivity contribution >= 4 is 34.3 Å². The highest BCUT2D eigenvalue weighted by Gasteiger charge is 2.01. The van der Waals surface area contributed by atoms with Crippen molar-refractivity contribution < 1.29 is 9.63 Å². The second-order valence-electron chi connectivity index (χ2n) is 2.22. The first-order valence-corrected chi connectivity index (χ1v) is 4.53. The van der Waals surface area contributed by atoms with Crippen LogP contribution in [-0.4, -0.2) is 17.5 Å². The second kappa shape index (κ2) is 5.10. The Hall–Kier alpha value is -0.730. The van der Waals surface area contributed by atoms with Crippen LogP contribution in [0.3, 0.4) is 0 Å². The zero-order valence-corrected chi connectivity index (χ0v) is 8.82. The standard InChI is InChI=1S/C7H8IN3O2/c8-5-1-2-6(10-3-5)11-7(12)4-13-9/h1-3H,4,9H2,(H,10,11,12). The molecule has 0 radical (unpaired) electrons. The summed E-state index contributed by atoms with van der Waals surface area (Å²) in [5, 5.41) is 2.51. The van der Waals surface area contributed by atoms with Crippen molar-refractivity contribution in [2.45, 2.75) is 0 Å². The molecular weight excluding hydrogens is 285 g/mol. The Bertz CT molecular complexity index is 288. The van der Waals surface area contributed by atoms with Gasteiger partial charge in [0.2, 0.25) is 0 Å². The summed E-state index contributed by atoms with van der Waals surface area (Å²) in [6.07, 6.45) is 1.65. The van der Waals surface area contributed by atoms with Gasteiger partial charge in [-0.05, 0) is 34.7 Å². The van der Waals surface area contributed by atoms with Crippen molar-refractivity contribution in [3.63, 3.8) is 0 Å². The van der Waals surface area contributed by atoms with E-state index in [1.165, 1.54) is 0 Å². The van der Waals surface area contributed by atoms with Gasteiger partial charge < -0.3 is 5.32 Å². The number of hydrogen-bond acceptors (Lipinski definition) is 4. The van der Waals surface area contributed by atoms with E-state index in [0.29, 0.717) is 5.82 Å². The van der Waals surface area contributed by atoms with Gasteiger partial charge in [0.1, 0.15) is 12.4 Å². The van der Waals surface area contributed by atoms with Crippen molar-refractivity contribution in [3.05, 3.63) is 21.9 Å². The quantitative estimate of drug-likeness (QED) is 0.629. The van der Waals surface area contributed by atoms with E-state index in [9.17, 15) is 4.79 Å². The number of carbonyl (C=O) groups is 1. The number of hydrogen-bond donors (Lipinski definition) is 2. The Morgan fingerprint density at radius 2 is 2.46 bits per heavy atom. The first kappa shape index (κ1) is 10.4. The topological polar surface area (TPSA) is 77.2 Å². The van der Waals surface area contributed by atoms with E-state index in [0.717, 1.165) is 3.57 Å². The third-order valence-electron chi connectivity index (χ3n) is 1.21. The van der Waals surface area contributed by atoms with Crippen LogP contribution < -0.4 is 11.2 Å². The zero-order valence-electron chi connectivity index (χ0n) is 6.66. The number of nitrogens with two attached hydrogens (primary N) is 1. The Kier molecular flexibility index (Phi) is 4.06. The van der Waals surface area contributed by atoms with Gasteiger partial charge in [-0.3, -0.25) is 9.63 Å². The smallest absolute Gasteiger partial charge is 0.253 e. The molecule has 1 aromatic rings. The lowest BCUT2D eigenvalue weighted by Crippen LogP contribution is -2.20. The average Bonchev–Trinajstić information content (AvgIpc) is 2.09. The second-order valence-corrected chi connectivity index (χ2v) is 3.47. The molecule has 0 unspecified atom stereocenters. The fourth-order valence-electron chi connectivity index (χ4n) is 0.704. The van der Waals surface area contributed by atoms with Crippen molar-refractivity contribution in [1.82, 2.24) is 4.98 Å². The number of amides is 1. The first-order chi connectivity index (χ1) is 6.22. The average molecular weight is 293 g/mol. The summed E-state index contributed by atoms with van der Waals surface area (Å²) < 4.78 is 1.01. The van der Waals surface area contributed by atoms with Gasteiger partial charge in [0.15, 0.2) is 0 Å². The highest BCUT2D eigenvalue weighted by molar-refractivity contribution is 14.1. The molecule has 0 saturated carbocycles. The van der Waals surface area contributed by atoms with Gasteiger partial charge in [-0.15, -0.1) is 0 Å². The minimum Gasteiger partial charge on any atom is -0.309 e. The van der Waals surface area contributed by atoms with Crippen molar-refractivity contribution in [1.29, 1.82) is 0 Å². The molecule has 1 rings (SSSR count). The van der Waals surface area contributed by atoms with E-state index in [-0.39, 0.29) is 12.5 Å². The van der Waals surface area contributed by atoms with Crippen molar-refractivity contribution in [3.8, 4) is 0 Å². The van der Waals surface area contributed by atoms with Crippen molar-refractivity contribution in [2.24, 2.45) is 5.90 Å². The lowest BCUT2D eigenvalue weighted by molar-refractivity contribution is -0.120. The predicted octanol–water partition coefficient (Wildman–Crippen LogP) is 0.515. The Balaban J connectivity index is 2.54. The third kappa shape index (κ3) is 3.66. The van der Waals surface area contributed by atoms with Crippen LogP contribution in [0, 0.1) is 3.57 Å². The lowest BCUT2D eigenvalue weighted by Gasteiger charge is -2.02. The highest BCUT2D eigenvalue weighted by atomic mass is 127. The van der Waals surface area contributed by atoms with Crippen LogP contribution in [0.2, 0.25) is 0 Å². The monoisotopic (exact) mass is 293 g/mol. The zero-order chi connectivity index (χ0) is 9.68. The molecule has 1 heterocycles. The highest BCUT2D eigenvalue weighted by Crippen LogP contribution is 2.06. The molecule has 13 heavy (non-hydrogen) atoms. The maximum Gasteiger partial charge on any atom is 0.253 e. The summed E-state index contributed by atoms with van der Waals surface area (Å²) in [6, 6.07) is 3.54. The minimum atomic E-state index is -0.323. The molecule has 6 heteroatoms. The number of anilines is 1. The molecule has 3 N–H and O–H groups in total. The molecule has 0 saturated heterocycles. The number of halogens is 1. The molecule has 0 aliphatic heterocycles. The fourth-order valence-corrected chi connectivity index (χ4v) is 1.02. The summed E-state index contributed by atoms with van der Waals surface area (Å²) in [6.45, 7) is -0.173. The van der Waals surface area contributed by atoms with E-state index >= 15 is 0 Å². The van der Waals surface area contributed by atoms with E-state index in [1.54, 1.807) is 12.3 Å². The summed E-state index contributed by atoms with van der Waals surface area (Å²) >= 11 is 2.13. The number of rotatable bonds is 3. The van der Waals surface area contributed by atoms with Gasteiger partial charge in [0, 0.05) is 9.77 Å². The maximum absolute atomic E-state index is 10.9. The van der Waals surface area contributed by atoms with Crippen molar-refractivity contribution in [2.75, 3.05) is 11.9 Å². The summed E-state index contributed by atoms with van der Waals surface area (Å²) in [4.78, 5) is 19.1. The van der Waals surface area contributed by atoms with E-state index in [4.69, 9.17) is 5.90 Å². The fraction of sp³-hybridized carbons (Fsp3) is 0.143. The minimum absolute atomic E-state index is 0.173. The van der Waals surface area contributed by atoms with Gasteiger partial charge in [-0.2, -0.15) is 0 Å². The molecule has 5 nitrogen and oxygen atoms in total. The number of nitrogens with one attached hydrogen (secondary N) is 1. The number of aromatic nitrogens is 1. The number of nitrogens with zero attached hydrogens (tertiary/aromatic N) is 1. The number of pyridine rings is 1. The van der Waals surface area contributed by atoms with Gasteiger partial charge in [-0.25, -0.2) is 10.9 Å². The van der Waals surface area contributed by atoms with Crippen LogP contribution in [0.4, 0.5) is 5.82 Å². The number of carbonyl (C=O) groups excluding carboxylic acids is 1. The predicted molar refractivity (Wildman–Crippen MR) is 55.7 cm³/mol. The van der Waals surface area contributed by atoms with E-state index in [2.05, 4.69) is 37.7 Å². The molecule has 1 amide bonds. The molecule has 0 fully saturated rings. The third-order valence-corrected chi connectivity index (χ3v) is 1.85. The molecule has 0 spiro atoms. The van der Waals surface area contributed by atoms with Crippen LogP contribution in [0.15, 0.2) is 18.3 Å². The van der Waals surface area contributed by atoms with E-state index in [1.807, 2.05) is 6.07 Å². The van der Waals surface area contributed by atoms with Crippen LogP contribution in [-0.2, 0) is 9.63 Å². The summed E-state index contributed by atoms with van der Waals surface area (Å²) in [7, 11) is 0. The molecule has 0 bridgehead atoms. The Morgan fingerprint density at radius 3 is 3.00 bits per heavy atom. The van der Waals surface area contributed by atoms with Gasteiger partial charge in [0.05, 0.1) is 0 Å². The summed E-state index contributed by atoms with van der Waals surface area (Å²) in [5.41, 5.74) is 0. The van der Waals surface area contributed by atoms with Gasteiger partial charge in [-0.1, -0.05) is 0 Å². The molecule has 0 aliphatic rings. The molecule has 70 valence electrons.